The highest BCUT2D eigenvalue weighted by Gasteiger charge is 2.29. The Labute approximate surface area is 103 Å². The number of hydrogen-bond acceptors (Lipinski definition) is 4. The van der Waals surface area contributed by atoms with Gasteiger partial charge in [-0.15, -0.1) is 0 Å². The van der Waals surface area contributed by atoms with Gasteiger partial charge in [0.05, 0.1) is 6.04 Å². The fraction of sp³-hybridized carbons (Fsp3) is 0.818. The zero-order valence-electron chi connectivity index (χ0n) is 10.9. The van der Waals surface area contributed by atoms with E-state index in [9.17, 15) is 9.59 Å². The average Bonchev–Trinajstić information content (AvgIpc) is 2.20. The summed E-state index contributed by atoms with van der Waals surface area (Å²) in [5.41, 5.74) is 0. The Kier molecular flexibility index (Phi) is 7.07. The molecule has 1 amide bonds. The highest BCUT2D eigenvalue weighted by molar-refractivity contribution is 6.43. The predicted molar refractivity (Wildman–Crippen MR) is 66.3 cm³/mol. The van der Waals surface area contributed by atoms with E-state index in [1.165, 1.54) is 6.92 Å². The van der Waals surface area contributed by atoms with Gasteiger partial charge in [-0.25, -0.2) is 0 Å². The average molecular weight is 243 g/mol. The van der Waals surface area contributed by atoms with Crippen LogP contribution in [0.1, 0.15) is 40.5 Å². The van der Waals surface area contributed by atoms with Gasteiger partial charge in [-0.3, -0.25) is 9.59 Å². The second-order valence-electron chi connectivity index (χ2n) is 4.67. The van der Waals surface area contributed by atoms with E-state index in [-0.39, 0.29) is 24.0 Å². The number of amides is 1. The molecule has 0 heterocycles. The lowest BCUT2D eigenvalue weighted by Crippen LogP contribution is -2.44. The lowest BCUT2D eigenvalue weighted by molar-refractivity contribution is -0.127. The molecule has 0 rings (SSSR count). The van der Waals surface area contributed by atoms with E-state index in [0.717, 1.165) is 0 Å². The zero-order chi connectivity index (χ0) is 13.6. The minimum absolute atomic E-state index is 0.0141. The van der Waals surface area contributed by atoms with Gasteiger partial charge in [0.1, 0.15) is 0 Å². The molecule has 0 aromatic heterocycles. The standard InChI is InChI=1S/C11H22BNO4/c1-5-9(12(16)17)6-10(15)11(7(2)3)13-8(4)14/h7,9,11,16-17H,5-6H2,1-4H3,(H,13,14)/t9-,11+/m1/s1. The number of rotatable bonds is 7. The summed E-state index contributed by atoms with van der Waals surface area (Å²) in [5.74, 6) is -0.901. The van der Waals surface area contributed by atoms with Crippen molar-refractivity contribution < 1.29 is 19.6 Å². The van der Waals surface area contributed by atoms with Crippen LogP contribution >= 0.6 is 0 Å². The van der Waals surface area contributed by atoms with Crippen LogP contribution in [0.4, 0.5) is 0 Å². The van der Waals surface area contributed by atoms with Crippen LogP contribution in [-0.4, -0.2) is 34.9 Å². The molecule has 0 aliphatic carbocycles. The van der Waals surface area contributed by atoms with Gasteiger partial charge in [0, 0.05) is 19.2 Å². The molecule has 0 aromatic carbocycles. The molecule has 6 heteroatoms. The van der Waals surface area contributed by atoms with Crippen LogP contribution in [0, 0.1) is 5.92 Å². The van der Waals surface area contributed by atoms with Crippen LogP contribution in [0.15, 0.2) is 0 Å². The molecule has 0 aliphatic rings. The second-order valence-corrected chi connectivity index (χ2v) is 4.67. The molecule has 0 radical (unpaired) electrons. The Morgan fingerprint density at radius 3 is 2.12 bits per heavy atom. The first-order chi connectivity index (χ1) is 7.79. The number of hydrogen-bond donors (Lipinski definition) is 3. The monoisotopic (exact) mass is 243 g/mol. The van der Waals surface area contributed by atoms with E-state index in [2.05, 4.69) is 5.32 Å². The maximum atomic E-state index is 12.0. The third kappa shape index (κ3) is 5.84. The van der Waals surface area contributed by atoms with E-state index >= 15 is 0 Å². The summed E-state index contributed by atoms with van der Waals surface area (Å²) < 4.78 is 0. The molecule has 2 atom stereocenters. The Balaban J connectivity index is 4.56. The highest BCUT2D eigenvalue weighted by Crippen LogP contribution is 2.20. The van der Waals surface area contributed by atoms with Gasteiger partial charge in [0.15, 0.2) is 5.78 Å². The van der Waals surface area contributed by atoms with E-state index in [1.54, 1.807) is 6.92 Å². The quantitative estimate of drug-likeness (QED) is 0.563. The maximum Gasteiger partial charge on any atom is 0.455 e. The molecule has 0 saturated heterocycles. The third-order valence-electron chi connectivity index (χ3n) is 2.78. The molecule has 0 spiro atoms. The van der Waals surface area contributed by atoms with E-state index in [4.69, 9.17) is 10.0 Å². The van der Waals surface area contributed by atoms with Gasteiger partial charge < -0.3 is 15.4 Å². The highest BCUT2D eigenvalue weighted by atomic mass is 16.4. The molecule has 3 N–H and O–H groups in total. The van der Waals surface area contributed by atoms with Crippen molar-refractivity contribution in [1.29, 1.82) is 0 Å². The Morgan fingerprint density at radius 2 is 1.82 bits per heavy atom. The Hall–Kier alpha value is -0.875. The summed E-state index contributed by atoms with van der Waals surface area (Å²) in [5, 5.41) is 20.8. The van der Waals surface area contributed by atoms with E-state index < -0.39 is 19.0 Å². The van der Waals surface area contributed by atoms with Crippen molar-refractivity contribution in [3.05, 3.63) is 0 Å². The normalized spacial score (nSPS) is 14.3. The van der Waals surface area contributed by atoms with Crippen LogP contribution in [0.3, 0.4) is 0 Å². The van der Waals surface area contributed by atoms with Crippen LogP contribution < -0.4 is 5.32 Å². The van der Waals surface area contributed by atoms with E-state index in [1.807, 2.05) is 13.8 Å². The predicted octanol–water partition coefficient (Wildman–Crippen LogP) is 0.359. The fourth-order valence-corrected chi connectivity index (χ4v) is 1.68. The molecule has 98 valence electrons. The third-order valence-corrected chi connectivity index (χ3v) is 2.78. The largest absolute Gasteiger partial charge is 0.455 e. The lowest BCUT2D eigenvalue weighted by atomic mass is 9.68. The molecule has 0 aromatic rings. The van der Waals surface area contributed by atoms with Crippen molar-refractivity contribution in [2.75, 3.05) is 0 Å². The summed E-state index contributed by atoms with van der Waals surface area (Å²) >= 11 is 0. The molecule has 0 bridgehead atoms. The van der Waals surface area contributed by atoms with Crippen LogP contribution in [-0.2, 0) is 9.59 Å². The first kappa shape index (κ1) is 16.1. The first-order valence-electron chi connectivity index (χ1n) is 5.95. The summed E-state index contributed by atoms with van der Waals surface area (Å²) in [6, 6.07) is -0.555. The van der Waals surface area contributed by atoms with Crippen molar-refractivity contribution in [1.82, 2.24) is 5.32 Å². The summed E-state index contributed by atoms with van der Waals surface area (Å²) in [7, 11) is -1.49. The van der Waals surface area contributed by atoms with Gasteiger partial charge in [-0.1, -0.05) is 27.2 Å². The minimum Gasteiger partial charge on any atom is -0.427 e. The van der Waals surface area contributed by atoms with Crippen molar-refractivity contribution in [2.45, 2.75) is 52.4 Å². The fourth-order valence-electron chi connectivity index (χ4n) is 1.68. The smallest absolute Gasteiger partial charge is 0.427 e. The van der Waals surface area contributed by atoms with Gasteiger partial charge in [-0.05, 0) is 5.92 Å². The summed E-state index contributed by atoms with van der Waals surface area (Å²) in [6.07, 6.45) is 0.575. The van der Waals surface area contributed by atoms with Crippen molar-refractivity contribution in [3.8, 4) is 0 Å². The van der Waals surface area contributed by atoms with Gasteiger partial charge >= 0.3 is 7.12 Å². The van der Waals surface area contributed by atoms with Crippen molar-refractivity contribution in [3.63, 3.8) is 0 Å². The zero-order valence-corrected chi connectivity index (χ0v) is 10.9. The number of carbonyl (C=O) groups is 2. The SMILES string of the molecule is CC[C@H](CC(=O)[C@@H](NC(C)=O)C(C)C)B(O)O. The minimum atomic E-state index is -1.49. The molecular weight excluding hydrogens is 221 g/mol. The number of ketones is 1. The first-order valence-corrected chi connectivity index (χ1v) is 5.95. The molecule has 0 saturated carbocycles. The summed E-state index contributed by atoms with van der Waals surface area (Å²) in [4.78, 5) is 22.9. The number of nitrogens with one attached hydrogen (secondary N) is 1. The number of Topliss-reactive ketones (excluding diaryl/α,β-unsaturated/α-hetero) is 1. The molecule has 17 heavy (non-hydrogen) atoms. The Morgan fingerprint density at radius 1 is 1.29 bits per heavy atom. The molecular formula is C11H22BNO4. The maximum absolute atomic E-state index is 12.0. The van der Waals surface area contributed by atoms with Gasteiger partial charge in [-0.2, -0.15) is 0 Å². The molecule has 5 nitrogen and oxygen atoms in total. The van der Waals surface area contributed by atoms with Crippen LogP contribution in [0.25, 0.3) is 0 Å². The molecule has 0 aliphatic heterocycles. The Bertz CT molecular complexity index is 268. The van der Waals surface area contributed by atoms with Gasteiger partial charge in [0.2, 0.25) is 5.91 Å². The lowest BCUT2D eigenvalue weighted by Gasteiger charge is -2.22. The summed E-state index contributed by atoms with van der Waals surface area (Å²) in [6.45, 7) is 6.84. The van der Waals surface area contributed by atoms with Crippen LogP contribution in [0.5, 0.6) is 0 Å². The second kappa shape index (κ2) is 7.45. The van der Waals surface area contributed by atoms with Crippen molar-refractivity contribution in [2.24, 2.45) is 5.92 Å². The number of carbonyl (C=O) groups excluding carboxylic acids is 2. The topological polar surface area (TPSA) is 86.6 Å². The van der Waals surface area contributed by atoms with Crippen LogP contribution in [0.2, 0.25) is 5.82 Å². The molecule has 0 fully saturated rings. The molecule has 0 unspecified atom stereocenters. The van der Waals surface area contributed by atoms with E-state index in [0.29, 0.717) is 6.42 Å². The van der Waals surface area contributed by atoms with Gasteiger partial charge in [0.25, 0.3) is 0 Å². The van der Waals surface area contributed by atoms with Crippen molar-refractivity contribution >= 4 is 18.8 Å².